The third-order valence-electron chi connectivity index (χ3n) is 9.92. The van der Waals surface area contributed by atoms with Crippen molar-refractivity contribution in [1.82, 2.24) is 34.6 Å². The lowest BCUT2D eigenvalue weighted by Gasteiger charge is -2.39. The fourth-order valence-corrected chi connectivity index (χ4v) is 7.44. The average molecular weight is 747 g/mol. The fourth-order valence-electron chi connectivity index (χ4n) is 6.97. The number of ether oxygens (including phenoxy) is 2. The number of nitrogens with one attached hydrogen (secondary N) is 1. The number of carbonyl (C=O) groups excluding carboxylic acids is 2. The summed E-state index contributed by atoms with van der Waals surface area (Å²) in [5.74, 6) is -0.750. The number of piperidine rings is 1. The number of carboxylic acid groups (broad SMARTS) is 1. The van der Waals surface area contributed by atoms with Crippen molar-refractivity contribution >= 4 is 50.7 Å². The fraction of sp³-hybridized carbons (Fsp3) is 0.444. The van der Waals surface area contributed by atoms with Crippen molar-refractivity contribution < 1.29 is 33.4 Å². The first-order valence-corrected chi connectivity index (χ1v) is 18.2. The molecule has 271 valence electrons. The standard InChI is InChI=1S/C36H38ClFN7O6Si/c37-24-5-6-26(39-16-24)20-50-32-3-1-2-27(42-32)22-8-11-43(12-9-22)19-31-41-28-14-23(4-7-29(28)45(31)21-36(52)10-13-51-36)34(47)40-17-33(46)44-18-25(38)15-30(44)35(48)49/h1-7,14,16,22,25,30H,8-13,15,17-21H2,(H,40,47)(H,48,49)/t25-,30-,36+/m0/s1. The highest BCUT2D eigenvalue weighted by Crippen LogP contribution is 2.31. The van der Waals surface area contributed by atoms with Crippen LogP contribution in [-0.4, -0.2) is 113 Å². The maximum Gasteiger partial charge on any atom is 0.326 e. The molecule has 52 heavy (non-hydrogen) atoms. The Morgan fingerprint density at radius 3 is 2.65 bits per heavy atom. The van der Waals surface area contributed by atoms with Crippen LogP contribution in [0.4, 0.5) is 4.39 Å². The predicted molar refractivity (Wildman–Crippen MR) is 189 cm³/mol. The van der Waals surface area contributed by atoms with E-state index in [-0.39, 0.29) is 18.9 Å². The number of halogens is 2. The van der Waals surface area contributed by atoms with Gasteiger partial charge in [0.25, 0.3) is 5.91 Å². The number of imidazole rings is 1. The van der Waals surface area contributed by atoms with Crippen LogP contribution in [0, 0.1) is 0 Å². The van der Waals surface area contributed by atoms with Crippen LogP contribution in [0.5, 0.6) is 5.88 Å². The second-order valence-corrected chi connectivity index (χ2v) is 14.9. The van der Waals surface area contributed by atoms with Gasteiger partial charge in [-0.1, -0.05) is 17.7 Å². The number of nitrogens with zero attached hydrogens (tertiary/aromatic N) is 6. The Hall–Kier alpha value is -4.44. The third-order valence-corrected chi connectivity index (χ3v) is 10.7. The van der Waals surface area contributed by atoms with Crippen molar-refractivity contribution in [2.45, 2.75) is 68.7 Å². The van der Waals surface area contributed by atoms with Gasteiger partial charge < -0.3 is 29.4 Å². The number of likely N-dealkylation sites (tertiary alicyclic amines) is 2. The summed E-state index contributed by atoms with van der Waals surface area (Å²) in [5.41, 5.74) is 3.53. The molecule has 3 aromatic heterocycles. The number of amides is 2. The zero-order valence-corrected chi connectivity index (χ0v) is 30.1. The van der Waals surface area contributed by atoms with Gasteiger partial charge in [-0.05, 0) is 68.8 Å². The van der Waals surface area contributed by atoms with E-state index in [1.807, 2.05) is 30.3 Å². The van der Waals surface area contributed by atoms with Crippen LogP contribution in [0.2, 0.25) is 5.02 Å². The lowest BCUT2D eigenvalue weighted by atomic mass is 9.93. The number of hydrogen-bond donors (Lipinski definition) is 2. The van der Waals surface area contributed by atoms with Gasteiger partial charge in [0.05, 0.1) is 56.9 Å². The molecule has 3 fully saturated rings. The molecule has 0 saturated carbocycles. The normalized spacial score (nSPS) is 22.3. The van der Waals surface area contributed by atoms with Gasteiger partial charge in [-0.15, -0.1) is 0 Å². The van der Waals surface area contributed by atoms with E-state index in [1.165, 1.54) is 0 Å². The molecule has 3 aliphatic heterocycles. The highest BCUT2D eigenvalue weighted by Gasteiger charge is 2.40. The Morgan fingerprint density at radius 2 is 1.94 bits per heavy atom. The van der Waals surface area contributed by atoms with Gasteiger partial charge in [0.15, 0.2) is 0 Å². The molecular weight excluding hydrogens is 709 g/mol. The van der Waals surface area contributed by atoms with Crippen LogP contribution < -0.4 is 10.1 Å². The smallest absolute Gasteiger partial charge is 0.326 e. The van der Waals surface area contributed by atoms with Crippen LogP contribution in [0.3, 0.4) is 0 Å². The van der Waals surface area contributed by atoms with Gasteiger partial charge in [0.2, 0.25) is 11.8 Å². The maximum absolute atomic E-state index is 13.9. The zero-order chi connectivity index (χ0) is 36.4. The minimum atomic E-state index is -1.42. The van der Waals surface area contributed by atoms with E-state index in [0.29, 0.717) is 48.3 Å². The number of fused-ring (bicyclic) bond motifs is 1. The largest absolute Gasteiger partial charge is 0.480 e. The first kappa shape index (κ1) is 35.9. The summed E-state index contributed by atoms with van der Waals surface area (Å²) in [6.07, 6.45) is 2.59. The monoisotopic (exact) mass is 746 g/mol. The molecule has 2 N–H and O–H groups in total. The number of pyridine rings is 2. The van der Waals surface area contributed by atoms with Crippen LogP contribution in [-0.2, 0) is 34.0 Å². The number of aromatic nitrogens is 4. The molecular formula is C36H38ClFN7O6Si. The first-order valence-electron chi connectivity index (χ1n) is 17.3. The number of carboxylic acids is 1. The molecule has 0 bridgehead atoms. The van der Waals surface area contributed by atoms with Crippen molar-refractivity contribution in [1.29, 1.82) is 0 Å². The van der Waals surface area contributed by atoms with Gasteiger partial charge in [0, 0.05) is 49.0 Å². The Bertz CT molecular complexity index is 1950. The molecule has 2 amide bonds. The van der Waals surface area contributed by atoms with Crippen molar-refractivity contribution in [2.24, 2.45) is 0 Å². The lowest BCUT2D eigenvalue weighted by Crippen LogP contribution is -2.48. The molecule has 3 saturated heterocycles. The number of hydrogen-bond acceptors (Lipinski definition) is 9. The van der Waals surface area contributed by atoms with Crippen LogP contribution >= 0.6 is 11.6 Å². The second-order valence-electron chi connectivity index (χ2n) is 13.5. The SMILES string of the molecule is O=C(NCC(=O)N1C[C@@H](F)C[C@H]1C(=O)O)c1ccc2c(c1)nc(CN1CCC(c3cccc(OCc4ccc(Cl)cn4)n3)CC1)n2C[C@]1([Si])CCO1. The maximum atomic E-state index is 13.9. The van der Waals surface area contributed by atoms with Crippen LogP contribution in [0.1, 0.15) is 59.2 Å². The van der Waals surface area contributed by atoms with E-state index in [9.17, 15) is 23.9 Å². The number of alkyl halides is 1. The molecule has 0 unspecified atom stereocenters. The predicted octanol–water partition coefficient (Wildman–Crippen LogP) is 3.48. The second kappa shape index (κ2) is 15.3. The van der Waals surface area contributed by atoms with Crippen LogP contribution in [0.15, 0.2) is 54.7 Å². The highest BCUT2D eigenvalue weighted by molar-refractivity contribution is 6.30. The number of rotatable bonds is 12. The minimum Gasteiger partial charge on any atom is -0.480 e. The Morgan fingerprint density at radius 1 is 1.13 bits per heavy atom. The van der Waals surface area contributed by atoms with E-state index in [1.54, 1.807) is 24.4 Å². The molecule has 7 rings (SSSR count). The number of benzene rings is 1. The van der Waals surface area contributed by atoms with E-state index in [2.05, 4.69) is 30.0 Å². The summed E-state index contributed by atoms with van der Waals surface area (Å²) in [5, 5.41) is 12.0. The van der Waals surface area contributed by atoms with Crippen LogP contribution in [0.25, 0.3) is 11.0 Å². The first-order chi connectivity index (χ1) is 25.0. The Labute approximate surface area is 307 Å². The molecule has 3 radical (unpaired) electrons. The Balaban J connectivity index is 0.998. The van der Waals surface area contributed by atoms with Crippen molar-refractivity contribution in [3.8, 4) is 5.88 Å². The molecule has 4 aromatic rings. The topological polar surface area (TPSA) is 152 Å². The Kier molecular flexibility index (Phi) is 10.6. The summed E-state index contributed by atoms with van der Waals surface area (Å²) < 4.78 is 27.8. The van der Waals surface area contributed by atoms with Gasteiger partial charge in [-0.25, -0.2) is 19.2 Å². The molecule has 3 atom stereocenters. The summed E-state index contributed by atoms with van der Waals surface area (Å²) >= 11 is 5.94. The van der Waals surface area contributed by atoms with Gasteiger partial charge in [-0.2, -0.15) is 0 Å². The van der Waals surface area contributed by atoms with E-state index < -0.39 is 41.8 Å². The molecule has 3 aliphatic rings. The third kappa shape index (κ3) is 8.12. The van der Waals surface area contributed by atoms with E-state index in [4.69, 9.17) is 31.0 Å². The summed E-state index contributed by atoms with van der Waals surface area (Å²) in [6.45, 7) is 3.03. The molecule has 13 nitrogen and oxygen atoms in total. The number of aliphatic carboxylic acids is 1. The number of carbonyl (C=O) groups is 3. The summed E-state index contributed by atoms with van der Waals surface area (Å²) in [4.78, 5) is 54.6. The average Bonchev–Trinajstić information content (AvgIpc) is 3.69. The van der Waals surface area contributed by atoms with Gasteiger partial charge >= 0.3 is 5.97 Å². The highest BCUT2D eigenvalue weighted by atomic mass is 35.5. The molecule has 6 heterocycles. The minimum absolute atomic E-state index is 0.263. The molecule has 16 heteroatoms. The van der Waals surface area contributed by atoms with Crippen molar-refractivity contribution in [2.75, 3.05) is 32.8 Å². The molecule has 0 aliphatic carbocycles. The quantitative estimate of drug-likeness (QED) is 0.206. The molecule has 1 aromatic carbocycles. The van der Waals surface area contributed by atoms with Crippen molar-refractivity contribution in [3.63, 3.8) is 0 Å². The summed E-state index contributed by atoms with van der Waals surface area (Å²) in [7, 11) is 3.81. The zero-order valence-electron chi connectivity index (χ0n) is 28.3. The van der Waals surface area contributed by atoms with Gasteiger partial charge in [-0.3, -0.25) is 19.5 Å². The van der Waals surface area contributed by atoms with E-state index >= 15 is 0 Å². The van der Waals surface area contributed by atoms with Gasteiger partial charge in [0.1, 0.15) is 24.6 Å². The van der Waals surface area contributed by atoms with Crippen molar-refractivity contribution in [3.05, 3.63) is 82.5 Å². The lowest BCUT2D eigenvalue weighted by molar-refractivity contribution is -0.147. The van der Waals surface area contributed by atoms with E-state index in [0.717, 1.165) is 60.0 Å². The summed E-state index contributed by atoms with van der Waals surface area (Å²) in [6, 6.07) is 13.4. The molecule has 0 spiro atoms.